The van der Waals surface area contributed by atoms with Crippen LogP contribution in [0.3, 0.4) is 0 Å². The molecule has 1 atom stereocenters. The smallest absolute Gasteiger partial charge is 0.224 e. The van der Waals surface area contributed by atoms with E-state index >= 15 is 0 Å². The molecule has 0 saturated heterocycles. The van der Waals surface area contributed by atoms with Crippen LogP contribution in [0.1, 0.15) is 26.2 Å². The number of allylic oxidation sites excluding steroid dienone is 2. The Hall–Kier alpha value is -2.17. The summed E-state index contributed by atoms with van der Waals surface area (Å²) in [7, 11) is 0. The van der Waals surface area contributed by atoms with Crippen molar-refractivity contribution in [3.8, 4) is 0 Å². The van der Waals surface area contributed by atoms with E-state index in [1.807, 2.05) is 6.08 Å². The van der Waals surface area contributed by atoms with Crippen LogP contribution in [0.15, 0.2) is 30.4 Å². The van der Waals surface area contributed by atoms with E-state index < -0.39 is 5.82 Å². The van der Waals surface area contributed by atoms with Crippen LogP contribution in [0.25, 0.3) is 0 Å². The van der Waals surface area contributed by atoms with Crippen molar-refractivity contribution in [1.82, 2.24) is 0 Å². The molecule has 5 heteroatoms. The van der Waals surface area contributed by atoms with Crippen molar-refractivity contribution in [3.05, 3.63) is 36.2 Å². The zero-order chi connectivity index (χ0) is 14.5. The Morgan fingerprint density at radius 1 is 1.35 bits per heavy atom. The van der Waals surface area contributed by atoms with Crippen molar-refractivity contribution in [1.29, 1.82) is 0 Å². The standard InChI is InChI=1S/C15H17FN2O2/c1-10(19)17-14-9-12(6-7-13(14)16)18-15(20)8-11-4-2-3-5-11/h2,4,6-7,9,11H,3,5,8H2,1H3,(H,17,19)(H,18,20). The SMILES string of the molecule is CC(=O)Nc1cc(NC(=O)CC2C=CCC2)ccc1F. The number of hydrogen-bond donors (Lipinski definition) is 2. The van der Waals surface area contributed by atoms with Crippen molar-refractivity contribution < 1.29 is 14.0 Å². The number of anilines is 2. The van der Waals surface area contributed by atoms with Crippen LogP contribution in [0.2, 0.25) is 0 Å². The molecule has 4 nitrogen and oxygen atoms in total. The van der Waals surface area contributed by atoms with Crippen LogP contribution in [0.5, 0.6) is 0 Å². The molecule has 2 rings (SSSR count). The summed E-state index contributed by atoms with van der Waals surface area (Å²) in [5.74, 6) is -0.715. The Balaban J connectivity index is 1.99. The maximum Gasteiger partial charge on any atom is 0.224 e. The molecule has 20 heavy (non-hydrogen) atoms. The van der Waals surface area contributed by atoms with Gasteiger partial charge in [-0.2, -0.15) is 0 Å². The average Bonchev–Trinajstić information content (AvgIpc) is 2.85. The molecule has 0 spiro atoms. The molecule has 1 aromatic rings. The number of amides is 2. The zero-order valence-corrected chi connectivity index (χ0v) is 11.3. The third-order valence-corrected chi connectivity index (χ3v) is 3.12. The van der Waals surface area contributed by atoms with Gasteiger partial charge in [0.05, 0.1) is 5.69 Å². The first-order valence-corrected chi connectivity index (χ1v) is 6.58. The minimum atomic E-state index is -0.531. The lowest BCUT2D eigenvalue weighted by molar-refractivity contribution is -0.117. The van der Waals surface area contributed by atoms with Crippen molar-refractivity contribution in [2.45, 2.75) is 26.2 Å². The molecule has 0 heterocycles. The van der Waals surface area contributed by atoms with Crippen LogP contribution >= 0.6 is 0 Å². The summed E-state index contributed by atoms with van der Waals surface area (Å²) in [6.45, 7) is 1.30. The van der Waals surface area contributed by atoms with Gasteiger partial charge in [-0.3, -0.25) is 9.59 Å². The van der Waals surface area contributed by atoms with E-state index in [0.29, 0.717) is 12.1 Å². The Morgan fingerprint density at radius 3 is 2.80 bits per heavy atom. The van der Waals surface area contributed by atoms with Gasteiger partial charge >= 0.3 is 0 Å². The van der Waals surface area contributed by atoms with E-state index in [1.165, 1.54) is 25.1 Å². The Kier molecular flexibility index (Phi) is 4.50. The van der Waals surface area contributed by atoms with Gasteiger partial charge < -0.3 is 10.6 Å². The van der Waals surface area contributed by atoms with E-state index in [1.54, 1.807) is 0 Å². The van der Waals surface area contributed by atoms with Gasteiger partial charge in [0.1, 0.15) is 5.82 Å². The van der Waals surface area contributed by atoms with E-state index in [2.05, 4.69) is 16.7 Å². The minimum Gasteiger partial charge on any atom is -0.326 e. The molecule has 0 fully saturated rings. The van der Waals surface area contributed by atoms with Gasteiger partial charge in [0, 0.05) is 19.0 Å². The highest BCUT2D eigenvalue weighted by Gasteiger charge is 2.14. The number of carbonyl (C=O) groups excluding carboxylic acids is 2. The largest absolute Gasteiger partial charge is 0.326 e. The second-order valence-electron chi connectivity index (χ2n) is 4.89. The van der Waals surface area contributed by atoms with E-state index in [4.69, 9.17) is 0 Å². The van der Waals surface area contributed by atoms with Crippen LogP contribution in [-0.4, -0.2) is 11.8 Å². The lowest BCUT2D eigenvalue weighted by Crippen LogP contribution is -2.15. The van der Waals surface area contributed by atoms with Gasteiger partial charge in [-0.15, -0.1) is 0 Å². The number of hydrogen-bond acceptors (Lipinski definition) is 2. The number of rotatable bonds is 4. The quantitative estimate of drug-likeness (QED) is 0.830. The summed E-state index contributed by atoms with van der Waals surface area (Å²) in [6, 6.07) is 4.11. The topological polar surface area (TPSA) is 58.2 Å². The van der Waals surface area contributed by atoms with E-state index in [-0.39, 0.29) is 23.4 Å². The zero-order valence-electron chi connectivity index (χ0n) is 11.3. The molecule has 2 N–H and O–H groups in total. The Morgan fingerprint density at radius 2 is 2.15 bits per heavy atom. The van der Waals surface area contributed by atoms with Crippen LogP contribution in [-0.2, 0) is 9.59 Å². The monoisotopic (exact) mass is 276 g/mol. The van der Waals surface area contributed by atoms with Crippen molar-refractivity contribution in [3.63, 3.8) is 0 Å². The molecule has 1 unspecified atom stereocenters. The van der Waals surface area contributed by atoms with Crippen LogP contribution in [0, 0.1) is 11.7 Å². The fourth-order valence-electron chi connectivity index (χ4n) is 2.20. The van der Waals surface area contributed by atoms with Gasteiger partial charge in [0.25, 0.3) is 0 Å². The second kappa shape index (κ2) is 6.32. The highest BCUT2D eigenvalue weighted by atomic mass is 19.1. The lowest BCUT2D eigenvalue weighted by Gasteiger charge is -2.10. The summed E-state index contributed by atoms with van der Waals surface area (Å²) in [4.78, 5) is 22.8. The fourth-order valence-corrected chi connectivity index (χ4v) is 2.20. The normalized spacial score (nSPS) is 17.0. The molecule has 0 saturated carbocycles. The maximum absolute atomic E-state index is 13.5. The summed E-state index contributed by atoms with van der Waals surface area (Å²) in [5.41, 5.74) is 0.540. The third-order valence-electron chi connectivity index (χ3n) is 3.12. The maximum atomic E-state index is 13.5. The molecule has 1 aliphatic carbocycles. The molecule has 2 amide bonds. The van der Waals surface area contributed by atoms with Crippen molar-refractivity contribution in [2.75, 3.05) is 10.6 Å². The molecule has 0 bridgehead atoms. The molecule has 1 aromatic carbocycles. The average molecular weight is 276 g/mol. The Labute approximate surface area is 117 Å². The molecular formula is C15H17FN2O2. The fraction of sp³-hybridized carbons (Fsp3) is 0.333. The summed E-state index contributed by atoms with van der Waals surface area (Å²) in [5, 5.41) is 5.10. The molecule has 0 aliphatic heterocycles. The predicted octanol–water partition coefficient (Wildman–Crippen LogP) is 3.08. The van der Waals surface area contributed by atoms with Gasteiger partial charge in [0.15, 0.2) is 0 Å². The molecule has 1 aliphatic rings. The second-order valence-corrected chi connectivity index (χ2v) is 4.89. The summed E-state index contributed by atoms with van der Waals surface area (Å²) in [6.07, 6.45) is 6.55. The van der Waals surface area contributed by atoms with Crippen molar-refractivity contribution >= 4 is 23.2 Å². The molecule has 0 radical (unpaired) electrons. The van der Waals surface area contributed by atoms with E-state index in [0.717, 1.165) is 12.8 Å². The summed E-state index contributed by atoms with van der Waals surface area (Å²) < 4.78 is 13.5. The third kappa shape index (κ3) is 3.91. The predicted molar refractivity (Wildman–Crippen MR) is 75.8 cm³/mol. The molecule has 0 aromatic heterocycles. The highest BCUT2D eigenvalue weighted by molar-refractivity contribution is 5.93. The number of halogens is 1. The minimum absolute atomic E-state index is 0.0658. The van der Waals surface area contributed by atoms with E-state index in [9.17, 15) is 14.0 Å². The van der Waals surface area contributed by atoms with Crippen molar-refractivity contribution in [2.24, 2.45) is 5.92 Å². The van der Waals surface area contributed by atoms with Crippen LogP contribution < -0.4 is 10.6 Å². The molecule has 106 valence electrons. The number of carbonyl (C=O) groups is 2. The van der Waals surface area contributed by atoms with Crippen LogP contribution in [0.4, 0.5) is 15.8 Å². The number of nitrogens with one attached hydrogen (secondary N) is 2. The first-order chi connectivity index (χ1) is 9.54. The number of benzene rings is 1. The highest BCUT2D eigenvalue weighted by Crippen LogP contribution is 2.23. The first kappa shape index (κ1) is 14.2. The summed E-state index contributed by atoms with van der Waals surface area (Å²) >= 11 is 0. The lowest BCUT2D eigenvalue weighted by atomic mass is 10.1. The van der Waals surface area contributed by atoms with Gasteiger partial charge in [-0.25, -0.2) is 4.39 Å². The Bertz CT molecular complexity index is 555. The first-order valence-electron chi connectivity index (χ1n) is 6.58. The molecular weight excluding hydrogens is 259 g/mol. The van der Waals surface area contributed by atoms with Gasteiger partial charge in [-0.05, 0) is 37.0 Å². The van der Waals surface area contributed by atoms with Gasteiger partial charge in [-0.1, -0.05) is 12.2 Å². The van der Waals surface area contributed by atoms with Gasteiger partial charge in [0.2, 0.25) is 11.8 Å².